The minimum Gasteiger partial charge on any atom is -0.476 e. The lowest BCUT2D eigenvalue weighted by atomic mass is 10.2. The number of ether oxygens (including phenoxy) is 1. The minimum absolute atomic E-state index is 0.625. The highest BCUT2D eigenvalue weighted by Gasteiger charge is 2.04. The average molecular weight is 401 g/mol. The van der Waals surface area contributed by atoms with E-state index in [2.05, 4.69) is 42.2 Å². The number of nitrogens with zero attached hydrogens (tertiary/aromatic N) is 3. The zero-order chi connectivity index (χ0) is 17.6. The van der Waals surface area contributed by atoms with Gasteiger partial charge in [-0.2, -0.15) is 0 Å². The summed E-state index contributed by atoms with van der Waals surface area (Å²) >= 11 is 3.52. The number of hydrogen-bond donors (Lipinski definition) is 1. The van der Waals surface area contributed by atoms with Gasteiger partial charge in [-0.05, 0) is 50.0 Å². The molecular formula is C19H21BrN4O. The summed E-state index contributed by atoms with van der Waals surface area (Å²) in [7, 11) is 4.04. The number of nitrogens with one attached hydrogen (secondary N) is 1. The molecular weight excluding hydrogens is 380 g/mol. The summed E-state index contributed by atoms with van der Waals surface area (Å²) in [6.45, 7) is 2.18. The quantitative estimate of drug-likeness (QED) is 0.650. The third kappa shape index (κ3) is 4.90. The van der Waals surface area contributed by atoms with Gasteiger partial charge in [0, 0.05) is 47.1 Å². The first-order chi connectivity index (χ1) is 12.1. The van der Waals surface area contributed by atoms with Crippen molar-refractivity contribution in [2.24, 2.45) is 0 Å². The van der Waals surface area contributed by atoms with Gasteiger partial charge in [0.2, 0.25) is 5.88 Å². The third-order valence-corrected chi connectivity index (χ3v) is 4.27. The first-order valence-corrected chi connectivity index (χ1v) is 8.92. The van der Waals surface area contributed by atoms with Gasteiger partial charge in [-0.15, -0.1) is 0 Å². The van der Waals surface area contributed by atoms with Crippen LogP contribution in [-0.4, -0.2) is 42.1 Å². The Morgan fingerprint density at radius 1 is 1.08 bits per heavy atom. The summed E-state index contributed by atoms with van der Waals surface area (Å²) in [5.74, 6) is 0.656. The third-order valence-electron chi connectivity index (χ3n) is 3.77. The smallest absolute Gasteiger partial charge is 0.213 e. The molecule has 0 radical (unpaired) electrons. The van der Waals surface area contributed by atoms with E-state index in [0.29, 0.717) is 19.0 Å². The van der Waals surface area contributed by atoms with E-state index in [9.17, 15) is 0 Å². The normalized spacial score (nSPS) is 11.0. The molecule has 0 fully saturated rings. The van der Waals surface area contributed by atoms with Crippen LogP contribution in [0.2, 0.25) is 0 Å². The molecule has 2 heterocycles. The van der Waals surface area contributed by atoms with Crippen LogP contribution in [-0.2, 0) is 6.54 Å². The van der Waals surface area contributed by atoms with Crippen molar-refractivity contribution in [3.8, 4) is 5.88 Å². The Bertz CT molecular complexity index is 854. The SMILES string of the molecule is CN(C)CCOc1cc(CNc2ccnc3ccc(Br)cc23)ccn1. The predicted molar refractivity (Wildman–Crippen MR) is 105 cm³/mol. The lowest BCUT2D eigenvalue weighted by Gasteiger charge is -2.12. The summed E-state index contributed by atoms with van der Waals surface area (Å²) < 4.78 is 6.74. The van der Waals surface area contributed by atoms with E-state index in [-0.39, 0.29) is 0 Å². The fraction of sp³-hybridized carbons (Fsp3) is 0.263. The maximum absolute atomic E-state index is 5.70. The molecule has 0 aliphatic rings. The Balaban J connectivity index is 1.69. The number of fused-ring (bicyclic) bond motifs is 1. The molecule has 25 heavy (non-hydrogen) atoms. The molecule has 1 N–H and O–H groups in total. The second-order valence-corrected chi connectivity index (χ2v) is 6.94. The predicted octanol–water partition coefficient (Wildman–Crippen LogP) is 3.94. The summed E-state index contributed by atoms with van der Waals surface area (Å²) in [5.41, 5.74) is 3.14. The van der Waals surface area contributed by atoms with Crippen molar-refractivity contribution >= 4 is 32.5 Å². The Hall–Kier alpha value is -2.18. The molecule has 0 saturated carbocycles. The second-order valence-electron chi connectivity index (χ2n) is 6.03. The molecule has 0 aliphatic carbocycles. The summed E-state index contributed by atoms with van der Waals surface area (Å²) in [4.78, 5) is 10.8. The first-order valence-electron chi connectivity index (χ1n) is 8.12. The van der Waals surface area contributed by atoms with Crippen LogP contribution in [0.5, 0.6) is 5.88 Å². The number of hydrogen-bond acceptors (Lipinski definition) is 5. The van der Waals surface area contributed by atoms with E-state index in [4.69, 9.17) is 4.74 Å². The number of benzene rings is 1. The van der Waals surface area contributed by atoms with Crippen LogP contribution in [0.3, 0.4) is 0 Å². The summed E-state index contributed by atoms with van der Waals surface area (Å²) in [6.07, 6.45) is 3.60. The molecule has 0 atom stereocenters. The van der Waals surface area contributed by atoms with E-state index in [1.165, 1.54) is 0 Å². The average Bonchev–Trinajstić information content (AvgIpc) is 2.60. The highest BCUT2D eigenvalue weighted by molar-refractivity contribution is 9.10. The zero-order valence-electron chi connectivity index (χ0n) is 14.4. The number of halogens is 1. The van der Waals surface area contributed by atoms with Crippen LogP contribution in [0, 0.1) is 0 Å². The van der Waals surface area contributed by atoms with Crippen LogP contribution < -0.4 is 10.1 Å². The van der Waals surface area contributed by atoms with Crippen molar-refractivity contribution in [3.05, 3.63) is 58.8 Å². The van der Waals surface area contributed by atoms with E-state index >= 15 is 0 Å². The maximum Gasteiger partial charge on any atom is 0.213 e. The molecule has 0 saturated heterocycles. The molecule has 0 amide bonds. The zero-order valence-corrected chi connectivity index (χ0v) is 16.0. The Morgan fingerprint density at radius 2 is 1.92 bits per heavy atom. The molecule has 0 spiro atoms. The fourth-order valence-electron chi connectivity index (χ4n) is 2.44. The maximum atomic E-state index is 5.70. The molecule has 5 nitrogen and oxygen atoms in total. The highest BCUT2D eigenvalue weighted by Crippen LogP contribution is 2.25. The van der Waals surface area contributed by atoms with Gasteiger partial charge in [0.05, 0.1) is 5.52 Å². The van der Waals surface area contributed by atoms with Crippen molar-refractivity contribution in [1.82, 2.24) is 14.9 Å². The highest BCUT2D eigenvalue weighted by atomic mass is 79.9. The van der Waals surface area contributed by atoms with Crippen LogP contribution in [0.15, 0.2) is 53.3 Å². The standard InChI is InChI=1S/C19H21BrN4O/c1-24(2)9-10-25-19-11-14(5-7-22-19)13-23-18-6-8-21-17-4-3-15(20)12-16(17)18/h3-8,11-12H,9-10,13H2,1-2H3,(H,21,23). The minimum atomic E-state index is 0.625. The first kappa shape index (κ1) is 17.6. The summed E-state index contributed by atoms with van der Waals surface area (Å²) in [6, 6.07) is 12.0. The van der Waals surface area contributed by atoms with E-state index in [1.54, 1.807) is 6.20 Å². The molecule has 2 aromatic heterocycles. The van der Waals surface area contributed by atoms with Crippen molar-refractivity contribution in [1.29, 1.82) is 0 Å². The van der Waals surface area contributed by atoms with E-state index < -0.39 is 0 Å². The topological polar surface area (TPSA) is 50.3 Å². The molecule has 3 rings (SSSR count). The van der Waals surface area contributed by atoms with Gasteiger partial charge in [-0.3, -0.25) is 4.98 Å². The number of pyridine rings is 2. The Morgan fingerprint density at radius 3 is 2.76 bits per heavy atom. The van der Waals surface area contributed by atoms with Gasteiger partial charge in [0.1, 0.15) is 6.61 Å². The van der Waals surface area contributed by atoms with Gasteiger partial charge in [-0.25, -0.2) is 4.98 Å². The van der Waals surface area contributed by atoms with Crippen molar-refractivity contribution < 1.29 is 4.74 Å². The fourth-order valence-corrected chi connectivity index (χ4v) is 2.80. The Labute approximate surface area is 156 Å². The van der Waals surface area contributed by atoms with Gasteiger partial charge >= 0.3 is 0 Å². The van der Waals surface area contributed by atoms with Gasteiger partial charge in [0.25, 0.3) is 0 Å². The van der Waals surface area contributed by atoms with Crippen LogP contribution in [0.1, 0.15) is 5.56 Å². The lowest BCUT2D eigenvalue weighted by molar-refractivity contribution is 0.253. The van der Waals surface area contributed by atoms with Crippen molar-refractivity contribution in [2.45, 2.75) is 6.54 Å². The number of anilines is 1. The van der Waals surface area contributed by atoms with Crippen LogP contribution in [0.4, 0.5) is 5.69 Å². The molecule has 3 aromatic rings. The van der Waals surface area contributed by atoms with E-state index in [0.717, 1.165) is 33.2 Å². The largest absolute Gasteiger partial charge is 0.476 e. The molecule has 1 aromatic carbocycles. The van der Waals surface area contributed by atoms with Crippen molar-refractivity contribution in [3.63, 3.8) is 0 Å². The van der Waals surface area contributed by atoms with Gasteiger partial charge in [0.15, 0.2) is 0 Å². The lowest BCUT2D eigenvalue weighted by Crippen LogP contribution is -2.19. The van der Waals surface area contributed by atoms with Gasteiger partial charge in [-0.1, -0.05) is 15.9 Å². The van der Waals surface area contributed by atoms with E-state index in [1.807, 2.05) is 50.6 Å². The van der Waals surface area contributed by atoms with Gasteiger partial charge < -0.3 is 15.0 Å². The van der Waals surface area contributed by atoms with Crippen LogP contribution in [0.25, 0.3) is 10.9 Å². The number of aromatic nitrogens is 2. The molecule has 6 heteroatoms. The molecule has 0 unspecified atom stereocenters. The Kier molecular flexibility index (Phi) is 5.83. The number of rotatable bonds is 7. The molecule has 0 aliphatic heterocycles. The molecule has 0 bridgehead atoms. The van der Waals surface area contributed by atoms with Crippen LogP contribution >= 0.6 is 15.9 Å². The van der Waals surface area contributed by atoms with Crippen molar-refractivity contribution in [2.75, 3.05) is 32.6 Å². The number of likely N-dealkylation sites (N-methyl/N-ethyl adjacent to an activating group) is 1. The summed E-state index contributed by atoms with van der Waals surface area (Å²) in [5, 5.41) is 4.57. The second kappa shape index (κ2) is 8.27. The monoisotopic (exact) mass is 400 g/mol. The molecule has 130 valence electrons.